The Hall–Kier alpha value is -5.56. The number of morpholine rings is 1. The van der Waals surface area contributed by atoms with E-state index in [9.17, 15) is 14.0 Å². The summed E-state index contributed by atoms with van der Waals surface area (Å²) < 4.78 is 35.4. The number of nitrogens with zero attached hydrogens (tertiary/aromatic N) is 6. The molecular weight excluding hydrogens is 606 g/mol. The molecule has 0 radical (unpaired) electrons. The van der Waals surface area contributed by atoms with E-state index in [1.54, 1.807) is 54.7 Å². The molecular formula is C34H30F2N8O3. The smallest absolute Gasteiger partial charge is 0.323 e. The molecule has 0 unspecified atom stereocenters. The number of ether oxygens (including phenoxy) is 1. The van der Waals surface area contributed by atoms with Crippen LogP contribution < -0.4 is 15.5 Å². The Bertz CT molecular complexity index is 1960. The Labute approximate surface area is 268 Å². The number of rotatable bonds is 6. The van der Waals surface area contributed by atoms with Crippen LogP contribution in [0, 0.1) is 11.8 Å². The third-order valence-electron chi connectivity index (χ3n) is 8.16. The summed E-state index contributed by atoms with van der Waals surface area (Å²) >= 11 is 0. The molecule has 3 amide bonds. The maximum atomic E-state index is 15.4. The van der Waals surface area contributed by atoms with Gasteiger partial charge in [-0.2, -0.15) is 4.39 Å². The van der Waals surface area contributed by atoms with Gasteiger partial charge < -0.3 is 25.2 Å². The van der Waals surface area contributed by atoms with E-state index in [0.717, 1.165) is 25.9 Å². The van der Waals surface area contributed by atoms with E-state index in [2.05, 4.69) is 25.6 Å². The molecule has 0 saturated carbocycles. The van der Waals surface area contributed by atoms with Crippen molar-refractivity contribution in [3.8, 4) is 22.5 Å². The average Bonchev–Trinajstić information content (AvgIpc) is 3.64. The second-order valence-corrected chi connectivity index (χ2v) is 11.3. The van der Waals surface area contributed by atoms with Gasteiger partial charge in [-0.15, -0.1) is 0 Å². The Morgan fingerprint density at radius 1 is 0.830 bits per heavy atom. The van der Waals surface area contributed by atoms with Crippen molar-refractivity contribution in [2.45, 2.75) is 12.8 Å². The average molecular weight is 637 g/mol. The molecule has 11 nitrogen and oxygen atoms in total. The van der Waals surface area contributed by atoms with Crippen LogP contribution in [0.4, 0.5) is 30.8 Å². The minimum absolute atomic E-state index is 0.0350. The number of urea groups is 1. The first-order chi connectivity index (χ1) is 22.9. The van der Waals surface area contributed by atoms with Gasteiger partial charge >= 0.3 is 6.03 Å². The molecule has 13 heteroatoms. The predicted octanol–water partition coefficient (Wildman–Crippen LogP) is 5.75. The first-order valence-electron chi connectivity index (χ1n) is 15.3. The van der Waals surface area contributed by atoms with Gasteiger partial charge in [-0.25, -0.2) is 24.1 Å². The summed E-state index contributed by atoms with van der Waals surface area (Å²) in [4.78, 5) is 46.9. The molecule has 2 aliphatic rings. The quantitative estimate of drug-likeness (QED) is 0.226. The fourth-order valence-corrected chi connectivity index (χ4v) is 5.72. The molecule has 2 N–H and O–H groups in total. The van der Waals surface area contributed by atoms with E-state index in [1.807, 2.05) is 9.80 Å². The molecule has 2 fully saturated rings. The SMILES string of the molecule is O=C(Nc1ccc(C(=O)N2CCCC2)cc1)Nc1ccc(-c2nc(N3CCOCC3)c3ncc(-c4cccnc4F)cc3n2)cc1F. The number of benzene rings is 2. The van der Waals surface area contributed by atoms with Crippen molar-refractivity contribution in [3.63, 3.8) is 0 Å². The molecule has 2 saturated heterocycles. The van der Waals surface area contributed by atoms with E-state index in [0.29, 0.717) is 65.5 Å². The summed E-state index contributed by atoms with van der Waals surface area (Å²) in [7, 11) is 0. The van der Waals surface area contributed by atoms with Gasteiger partial charge in [0.15, 0.2) is 11.6 Å². The van der Waals surface area contributed by atoms with Crippen LogP contribution in [0.15, 0.2) is 73.1 Å². The largest absolute Gasteiger partial charge is 0.378 e. The highest BCUT2D eigenvalue weighted by atomic mass is 19.1. The van der Waals surface area contributed by atoms with Crippen LogP contribution in [0.2, 0.25) is 0 Å². The van der Waals surface area contributed by atoms with Crippen molar-refractivity contribution in [2.24, 2.45) is 0 Å². The number of halogens is 2. The van der Waals surface area contributed by atoms with Gasteiger partial charge in [0.2, 0.25) is 5.95 Å². The van der Waals surface area contributed by atoms with Crippen LogP contribution in [0.3, 0.4) is 0 Å². The van der Waals surface area contributed by atoms with E-state index in [-0.39, 0.29) is 23.0 Å². The summed E-state index contributed by atoms with van der Waals surface area (Å²) in [6, 6.07) is 15.2. The second kappa shape index (κ2) is 13.0. The highest BCUT2D eigenvalue weighted by Crippen LogP contribution is 2.31. The minimum atomic E-state index is -0.690. The summed E-state index contributed by atoms with van der Waals surface area (Å²) in [5.74, 6) is -0.558. The Kier molecular flexibility index (Phi) is 8.36. The third-order valence-corrected chi connectivity index (χ3v) is 8.16. The first-order valence-corrected chi connectivity index (χ1v) is 15.3. The lowest BCUT2D eigenvalue weighted by molar-refractivity contribution is 0.0793. The number of amides is 3. The zero-order chi connectivity index (χ0) is 32.3. The molecule has 238 valence electrons. The molecule has 0 aliphatic carbocycles. The van der Waals surface area contributed by atoms with Crippen molar-refractivity contribution in [3.05, 3.63) is 90.4 Å². The molecule has 0 spiro atoms. The van der Waals surface area contributed by atoms with Crippen molar-refractivity contribution in [1.82, 2.24) is 24.8 Å². The Morgan fingerprint density at radius 2 is 1.62 bits per heavy atom. The van der Waals surface area contributed by atoms with Gasteiger partial charge in [-0.1, -0.05) is 0 Å². The molecule has 2 aromatic carbocycles. The van der Waals surface area contributed by atoms with E-state index >= 15 is 4.39 Å². The highest BCUT2D eigenvalue weighted by molar-refractivity contribution is 6.01. The zero-order valence-electron chi connectivity index (χ0n) is 25.2. The second-order valence-electron chi connectivity index (χ2n) is 11.3. The maximum Gasteiger partial charge on any atom is 0.323 e. The normalized spacial score (nSPS) is 14.8. The van der Waals surface area contributed by atoms with Crippen LogP contribution in [0.1, 0.15) is 23.2 Å². The zero-order valence-corrected chi connectivity index (χ0v) is 25.2. The van der Waals surface area contributed by atoms with E-state index in [4.69, 9.17) is 9.72 Å². The highest BCUT2D eigenvalue weighted by Gasteiger charge is 2.22. The van der Waals surface area contributed by atoms with Crippen LogP contribution in [-0.4, -0.2) is 76.2 Å². The van der Waals surface area contributed by atoms with Crippen molar-refractivity contribution in [1.29, 1.82) is 0 Å². The summed E-state index contributed by atoms with van der Waals surface area (Å²) in [6.45, 7) is 3.68. The van der Waals surface area contributed by atoms with Crippen LogP contribution in [0.25, 0.3) is 33.5 Å². The first kappa shape index (κ1) is 30.1. The molecule has 0 bridgehead atoms. The number of carbonyl (C=O) groups excluding carboxylic acids is 2. The number of anilines is 3. The fraction of sp³-hybridized carbons (Fsp3) is 0.235. The number of nitrogens with one attached hydrogen (secondary N) is 2. The number of pyridine rings is 2. The number of fused-ring (bicyclic) bond motifs is 1. The molecule has 2 aliphatic heterocycles. The number of hydrogen-bond acceptors (Lipinski definition) is 8. The number of likely N-dealkylation sites (tertiary alicyclic amines) is 1. The molecule has 5 heterocycles. The van der Waals surface area contributed by atoms with Gasteiger partial charge in [0, 0.05) is 66.5 Å². The Morgan fingerprint density at radius 3 is 2.36 bits per heavy atom. The van der Waals surface area contributed by atoms with Gasteiger partial charge in [0.1, 0.15) is 11.3 Å². The lowest BCUT2D eigenvalue weighted by atomic mass is 10.1. The predicted molar refractivity (Wildman–Crippen MR) is 173 cm³/mol. The lowest BCUT2D eigenvalue weighted by Crippen LogP contribution is -2.37. The Balaban J connectivity index is 1.12. The molecule has 47 heavy (non-hydrogen) atoms. The lowest BCUT2D eigenvalue weighted by Gasteiger charge is -2.28. The standard InChI is InChI=1S/C34H30F2N8O3/c35-26-18-22(7-10-27(26)41-34(46)39-24-8-5-21(6-9-24)33(45)44-12-1-2-13-44)31-40-28-19-23(25-4-3-11-37-30(25)36)20-38-29(28)32(42-31)43-14-16-47-17-15-43/h3-11,18-20H,1-2,12-17H2,(H2,39,41,46). The van der Waals surface area contributed by atoms with Crippen LogP contribution >= 0.6 is 0 Å². The van der Waals surface area contributed by atoms with Crippen LogP contribution in [0.5, 0.6) is 0 Å². The van der Waals surface area contributed by atoms with Gasteiger partial charge in [0.05, 0.1) is 24.4 Å². The van der Waals surface area contributed by atoms with Crippen molar-refractivity contribution >= 4 is 40.2 Å². The van der Waals surface area contributed by atoms with Crippen molar-refractivity contribution in [2.75, 3.05) is 54.9 Å². The topological polar surface area (TPSA) is 125 Å². The molecule has 7 rings (SSSR count). The fourth-order valence-electron chi connectivity index (χ4n) is 5.72. The molecule has 5 aromatic rings. The molecule has 3 aromatic heterocycles. The third kappa shape index (κ3) is 6.42. The number of aromatic nitrogens is 4. The summed E-state index contributed by atoms with van der Waals surface area (Å²) in [5, 5.41) is 5.19. The maximum absolute atomic E-state index is 15.4. The summed E-state index contributed by atoms with van der Waals surface area (Å²) in [6.07, 6.45) is 4.93. The van der Waals surface area contributed by atoms with E-state index in [1.165, 1.54) is 18.3 Å². The number of carbonyl (C=O) groups is 2. The monoisotopic (exact) mass is 636 g/mol. The number of hydrogen-bond donors (Lipinski definition) is 2. The van der Waals surface area contributed by atoms with Crippen LogP contribution in [-0.2, 0) is 4.74 Å². The van der Waals surface area contributed by atoms with Crippen molar-refractivity contribution < 1.29 is 23.1 Å². The van der Waals surface area contributed by atoms with Gasteiger partial charge in [-0.05, 0) is 73.5 Å². The summed E-state index contributed by atoms with van der Waals surface area (Å²) in [5.41, 5.74) is 3.07. The van der Waals surface area contributed by atoms with Gasteiger partial charge in [0.25, 0.3) is 5.91 Å². The van der Waals surface area contributed by atoms with E-state index < -0.39 is 17.8 Å². The molecule has 0 atom stereocenters. The minimum Gasteiger partial charge on any atom is -0.378 e. The van der Waals surface area contributed by atoms with Gasteiger partial charge in [-0.3, -0.25) is 9.78 Å².